The van der Waals surface area contributed by atoms with E-state index in [1.54, 1.807) is 0 Å². The monoisotopic (exact) mass is 424 g/mol. The SMILES string of the molecule is Cc1cccc(C2CC2)c1Oc1nnc(Cl)cc1OC(=O)c1ccc(C(=O)O)cc1. The second-order valence-electron chi connectivity index (χ2n) is 6.98. The van der Waals surface area contributed by atoms with Gasteiger partial charge in [0.1, 0.15) is 5.75 Å². The maximum atomic E-state index is 12.5. The van der Waals surface area contributed by atoms with Gasteiger partial charge in [-0.05, 0) is 61.1 Å². The Morgan fingerprint density at radius 2 is 1.77 bits per heavy atom. The molecule has 0 aliphatic heterocycles. The first-order chi connectivity index (χ1) is 14.4. The molecular formula is C22H17ClN2O5. The van der Waals surface area contributed by atoms with Crippen LogP contribution in [0.1, 0.15) is 50.6 Å². The molecule has 0 bridgehead atoms. The Hall–Kier alpha value is -3.45. The summed E-state index contributed by atoms with van der Waals surface area (Å²) in [5, 5.41) is 16.8. The van der Waals surface area contributed by atoms with Gasteiger partial charge in [-0.3, -0.25) is 0 Å². The van der Waals surface area contributed by atoms with E-state index in [1.165, 1.54) is 30.3 Å². The minimum atomic E-state index is -1.08. The third-order valence-corrected chi connectivity index (χ3v) is 4.91. The third-order valence-electron chi connectivity index (χ3n) is 4.73. The first-order valence-electron chi connectivity index (χ1n) is 9.28. The van der Waals surface area contributed by atoms with E-state index in [4.69, 9.17) is 26.2 Å². The summed E-state index contributed by atoms with van der Waals surface area (Å²) in [6.07, 6.45) is 2.20. The number of ether oxygens (including phenoxy) is 2. The average molecular weight is 425 g/mol. The standard InChI is InChI=1S/C22H17ClN2O5/c1-12-3-2-4-16(13-5-6-13)19(12)30-20-17(11-18(23)24-25-20)29-22(28)15-9-7-14(8-10-15)21(26)27/h2-4,7-11,13H,5-6H2,1H3,(H,26,27). The Kier molecular flexibility index (Phi) is 5.37. The van der Waals surface area contributed by atoms with Crippen molar-refractivity contribution in [3.8, 4) is 17.4 Å². The Morgan fingerprint density at radius 1 is 1.07 bits per heavy atom. The van der Waals surface area contributed by atoms with E-state index in [-0.39, 0.29) is 27.9 Å². The highest BCUT2D eigenvalue weighted by atomic mass is 35.5. The van der Waals surface area contributed by atoms with Crippen molar-refractivity contribution >= 4 is 23.5 Å². The number of nitrogens with zero attached hydrogens (tertiary/aromatic N) is 2. The number of carbonyl (C=O) groups excluding carboxylic acids is 1. The van der Waals surface area contributed by atoms with E-state index in [0.717, 1.165) is 24.0 Å². The van der Waals surface area contributed by atoms with Gasteiger partial charge in [0.25, 0.3) is 5.88 Å². The fraction of sp³-hybridized carbons (Fsp3) is 0.182. The number of hydrogen-bond acceptors (Lipinski definition) is 6. The molecule has 0 amide bonds. The fourth-order valence-electron chi connectivity index (χ4n) is 3.02. The lowest BCUT2D eigenvalue weighted by molar-refractivity contribution is 0.0691. The van der Waals surface area contributed by atoms with Crippen molar-refractivity contribution in [2.75, 3.05) is 0 Å². The van der Waals surface area contributed by atoms with Crippen molar-refractivity contribution < 1.29 is 24.2 Å². The molecule has 0 saturated heterocycles. The van der Waals surface area contributed by atoms with Gasteiger partial charge in [0.2, 0.25) is 0 Å². The molecule has 0 radical (unpaired) electrons. The lowest BCUT2D eigenvalue weighted by Gasteiger charge is -2.15. The predicted octanol–water partition coefficient (Wildman–Crippen LogP) is 5.03. The number of hydrogen-bond donors (Lipinski definition) is 1. The van der Waals surface area contributed by atoms with Crippen LogP contribution in [0.25, 0.3) is 0 Å². The minimum Gasteiger partial charge on any atom is -0.478 e. The van der Waals surface area contributed by atoms with Crippen molar-refractivity contribution in [2.45, 2.75) is 25.7 Å². The fourth-order valence-corrected chi connectivity index (χ4v) is 3.16. The quantitative estimate of drug-likeness (QED) is 0.554. The molecule has 7 nitrogen and oxygen atoms in total. The second kappa shape index (κ2) is 8.12. The highest BCUT2D eigenvalue weighted by molar-refractivity contribution is 6.29. The molecule has 1 N–H and O–H groups in total. The van der Waals surface area contributed by atoms with Crippen LogP contribution in [0.3, 0.4) is 0 Å². The number of carboxylic acids is 1. The Morgan fingerprint density at radius 3 is 2.43 bits per heavy atom. The van der Waals surface area contributed by atoms with Gasteiger partial charge < -0.3 is 14.6 Å². The summed E-state index contributed by atoms with van der Waals surface area (Å²) in [6, 6.07) is 12.7. The molecule has 30 heavy (non-hydrogen) atoms. The number of halogens is 1. The maximum absolute atomic E-state index is 12.5. The number of aromatic nitrogens is 2. The molecule has 1 aromatic heterocycles. The first kappa shape index (κ1) is 19.8. The van der Waals surface area contributed by atoms with Crippen molar-refractivity contribution in [1.82, 2.24) is 10.2 Å². The normalized spacial score (nSPS) is 13.0. The van der Waals surface area contributed by atoms with Gasteiger partial charge in [-0.25, -0.2) is 9.59 Å². The van der Waals surface area contributed by atoms with E-state index < -0.39 is 11.9 Å². The van der Waals surface area contributed by atoms with Gasteiger partial charge in [0, 0.05) is 6.07 Å². The third kappa shape index (κ3) is 4.26. The van der Waals surface area contributed by atoms with E-state index in [0.29, 0.717) is 11.7 Å². The molecule has 1 aliphatic carbocycles. The molecule has 1 heterocycles. The lowest BCUT2D eigenvalue weighted by atomic mass is 10.1. The van der Waals surface area contributed by atoms with Crippen molar-refractivity contribution in [2.24, 2.45) is 0 Å². The van der Waals surface area contributed by atoms with Crippen molar-refractivity contribution in [1.29, 1.82) is 0 Å². The highest BCUT2D eigenvalue weighted by Gasteiger charge is 2.28. The van der Waals surface area contributed by atoms with Crippen LogP contribution < -0.4 is 9.47 Å². The molecule has 2 aromatic carbocycles. The van der Waals surface area contributed by atoms with Crippen LogP contribution >= 0.6 is 11.6 Å². The maximum Gasteiger partial charge on any atom is 0.343 e. The van der Waals surface area contributed by atoms with Gasteiger partial charge in [-0.2, -0.15) is 0 Å². The van der Waals surface area contributed by atoms with E-state index in [1.807, 2.05) is 25.1 Å². The second-order valence-corrected chi connectivity index (χ2v) is 7.37. The van der Waals surface area contributed by atoms with Crippen LogP contribution in [-0.2, 0) is 0 Å². The van der Waals surface area contributed by atoms with E-state index in [9.17, 15) is 9.59 Å². The van der Waals surface area contributed by atoms with Gasteiger partial charge in [0.05, 0.1) is 11.1 Å². The van der Waals surface area contributed by atoms with Gasteiger partial charge in [0.15, 0.2) is 10.9 Å². The minimum absolute atomic E-state index is 0.0195. The van der Waals surface area contributed by atoms with Crippen molar-refractivity contribution in [3.05, 3.63) is 75.9 Å². The number of rotatable bonds is 6. The summed E-state index contributed by atoms with van der Waals surface area (Å²) in [7, 11) is 0. The Bertz CT molecular complexity index is 1130. The zero-order chi connectivity index (χ0) is 21.3. The molecule has 0 spiro atoms. The molecule has 8 heteroatoms. The Labute approximate surface area is 177 Å². The molecular weight excluding hydrogens is 408 g/mol. The topological polar surface area (TPSA) is 98.6 Å². The van der Waals surface area contributed by atoms with Crippen LogP contribution in [0, 0.1) is 6.92 Å². The number of esters is 1. The molecule has 1 aliphatic rings. The molecule has 0 unspecified atom stereocenters. The molecule has 0 atom stereocenters. The van der Waals surface area contributed by atoms with Crippen LogP contribution in [0.2, 0.25) is 5.15 Å². The summed E-state index contributed by atoms with van der Waals surface area (Å²) in [6.45, 7) is 1.93. The number of para-hydroxylation sites is 1. The number of carboxylic acid groups (broad SMARTS) is 1. The number of carbonyl (C=O) groups is 2. The molecule has 4 rings (SSSR count). The van der Waals surface area contributed by atoms with Crippen molar-refractivity contribution in [3.63, 3.8) is 0 Å². The molecule has 1 fully saturated rings. The largest absolute Gasteiger partial charge is 0.478 e. The average Bonchev–Trinajstić information content (AvgIpc) is 3.56. The summed E-state index contributed by atoms with van der Waals surface area (Å²) >= 11 is 5.94. The molecule has 152 valence electrons. The molecule has 3 aromatic rings. The predicted molar refractivity (Wildman–Crippen MR) is 109 cm³/mol. The van der Waals surface area contributed by atoms with Gasteiger partial charge >= 0.3 is 11.9 Å². The highest BCUT2D eigenvalue weighted by Crippen LogP contribution is 2.46. The van der Waals surface area contributed by atoms with Crippen LogP contribution in [0.4, 0.5) is 0 Å². The van der Waals surface area contributed by atoms with Gasteiger partial charge in [-0.15, -0.1) is 10.2 Å². The van der Waals surface area contributed by atoms with E-state index in [2.05, 4.69) is 10.2 Å². The first-order valence-corrected chi connectivity index (χ1v) is 9.66. The van der Waals surface area contributed by atoms with E-state index >= 15 is 0 Å². The van der Waals surface area contributed by atoms with Crippen LogP contribution in [-0.4, -0.2) is 27.2 Å². The summed E-state index contributed by atoms with van der Waals surface area (Å²) < 4.78 is 11.5. The number of benzene rings is 2. The lowest BCUT2D eigenvalue weighted by Crippen LogP contribution is -2.11. The zero-order valence-electron chi connectivity index (χ0n) is 16.0. The number of aromatic carboxylic acids is 1. The van der Waals surface area contributed by atoms with Crippen LogP contribution in [0.15, 0.2) is 48.5 Å². The smallest absolute Gasteiger partial charge is 0.343 e. The van der Waals surface area contributed by atoms with Gasteiger partial charge in [-0.1, -0.05) is 29.8 Å². The zero-order valence-corrected chi connectivity index (χ0v) is 16.7. The summed E-state index contributed by atoms with van der Waals surface area (Å²) in [4.78, 5) is 23.5. The summed E-state index contributed by atoms with van der Waals surface area (Å²) in [5.74, 6) is -0.634. The summed E-state index contributed by atoms with van der Waals surface area (Å²) in [5.41, 5.74) is 2.25. The Balaban J connectivity index is 1.61. The number of aryl methyl sites for hydroxylation is 1. The van der Waals surface area contributed by atoms with Crippen LogP contribution in [0.5, 0.6) is 17.4 Å². The molecule has 1 saturated carbocycles.